The maximum atomic E-state index is 5.44. The summed E-state index contributed by atoms with van der Waals surface area (Å²) in [5.74, 6) is 2.83. The standard InChI is InChI=1S/C16H26N4OS/c1-4-14-12-20(8-9-22-14)16(17-3)19-11-13-6-7-18-15(10-13)21-5-2/h6-7,10,14H,4-5,8-9,11-12H2,1-3H3,(H,17,19). The van der Waals surface area contributed by atoms with Crippen molar-refractivity contribution in [3.8, 4) is 5.88 Å². The van der Waals surface area contributed by atoms with Crippen molar-refractivity contribution in [1.29, 1.82) is 0 Å². The number of aliphatic imine (C=N–C) groups is 1. The molecule has 2 heterocycles. The molecule has 1 fully saturated rings. The first-order chi connectivity index (χ1) is 10.8. The van der Waals surface area contributed by atoms with Crippen molar-refractivity contribution >= 4 is 17.7 Å². The van der Waals surface area contributed by atoms with E-state index in [9.17, 15) is 0 Å². The molecule has 0 aromatic carbocycles. The monoisotopic (exact) mass is 322 g/mol. The fourth-order valence-corrected chi connectivity index (χ4v) is 3.64. The predicted octanol–water partition coefficient (Wildman–Crippen LogP) is 2.38. The molecule has 0 saturated carbocycles. The Labute approximate surface area is 137 Å². The normalized spacial score (nSPS) is 19.1. The lowest BCUT2D eigenvalue weighted by Gasteiger charge is -2.34. The zero-order chi connectivity index (χ0) is 15.8. The van der Waals surface area contributed by atoms with E-state index in [0.29, 0.717) is 17.7 Å². The molecule has 0 amide bonds. The lowest BCUT2D eigenvalue weighted by Crippen LogP contribution is -2.47. The molecular formula is C16H26N4OS. The highest BCUT2D eigenvalue weighted by atomic mass is 32.2. The van der Waals surface area contributed by atoms with Gasteiger partial charge in [-0.2, -0.15) is 11.8 Å². The van der Waals surface area contributed by atoms with Gasteiger partial charge in [-0.1, -0.05) is 6.92 Å². The summed E-state index contributed by atoms with van der Waals surface area (Å²) in [6.07, 6.45) is 3.00. The minimum Gasteiger partial charge on any atom is -0.478 e. The van der Waals surface area contributed by atoms with Crippen LogP contribution in [0.3, 0.4) is 0 Å². The molecule has 1 N–H and O–H groups in total. The summed E-state index contributed by atoms with van der Waals surface area (Å²) in [5, 5.41) is 4.16. The predicted molar refractivity (Wildman–Crippen MR) is 93.7 cm³/mol. The average molecular weight is 322 g/mol. The van der Waals surface area contributed by atoms with Crippen LogP contribution in [0.5, 0.6) is 5.88 Å². The number of rotatable bonds is 5. The van der Waals surface area contributed by atoms with Crippen LogP contribution in [0.2, 0.25) is 0 Å². The summed E-state index contributed by atoms with van der Waals surface area (Å²) in [5.41, 5.74) is 1.15. The molecule has 0 bridgehead atoms. The van der Waals surface area contributed by atoms with Crippen LogP contribution in [-0.4, -0.2) is 53.6 Å². The van der Waals surface area contributed by atoms with Crippen molar-refractivity contribution in [1.82, 2.24) is 15.2 Å². The summed E-state index contributed by atoms with van der Waals surface area (Å²) in [7, 11) is 1.85. The Morgan fingerprint density at radius 2 is 2.41 bits per heavy atom. The van der Waals surface area contributed by atoms with Crippen LogP contribution in [0.15, 0.2) is 23.3 Å². The third kappa shape index (κ3) is 4.80. The van der Waals surface area contributed by atoms with Crippen LogP contribution >= 0.6 is 11.8 Å². The minimum absolute atomic E-state index is 0.634. The molecule has 5 nitrogen and oxygen atoms in total. The van der Waals surface area contributed by atoms with Gasteiger partial charge < -0.3 is 15.0 Å². The van der Waals surface area contributed by atoms with Gasteiger partial charge in [-0.15, -0.1) is 0 Å². The van der Waals surface area contributed by atoms with E-state index in [4.69, 9.17) is 4.74 Å². The lowest BCUT2D eigenvalue weighted by molar-refractivity contribution is 0.326. The van der Waals surface area contributed by atoms with Gasteiger partial charge >= 0.3 is 0 Å². The molecule has 0 radical (unpaired) electrons. The average Bonchev–Trinajstić information content (AvgIpc) is 2.56. The van der Waals surface area contributed by atoms with E-state index in [2.05, 4.69) is 38.9 Å². The fourth-order valence-electron chi connectivity index (χ4n) is 2.46. The van der Waals surface area contributed by atoms with E-state index in [1.54, 1.807) is 6.20 Å². The van der Waals surface area contributed by atoms with Gasteiger partial charge in [0.1, 0.15) is 0 Å². The molecule has 1 unspecified atom stereocenters. The number of pyridine rings is 1. The second-order valence-electron chi connectivity index (χ2n) is 5.18. The maximum Gasteiger partial charge on any atom is 0.213 e. The molecule has 122 valence electrons. The van der Waals surface area contributed by atoms with Gasteiger partial charge in [0.2, 0.25) is 5.88 Å². The van der Waals surface area contributed by atoms with Gasteiger partial charge in [0.15, 0.2) is 5.96 Å². The van der Waals surface area contributed by atoms with E-state index in [1.807, 2.05) is 26.1 Å². The Bertz CT molecular complexity index is 495. The van der Waals surface area contributed by atoms with Crippen LogP contribution in [0.1, 0.15) is 25.8 Å². The van der Waals surface area contributed by atoms with E-state index >= 15 is 0 Å². The Kier molecular flexibility index (Phi) is 6.83. The SMILES string of the molecule is CCOc1cc(CNC(=NC)N2CCSC(CC)C2)ccn1. The van der Waals surface area contributed by atoms with Crippen molar-refractivity contribution in [2.45, 2.75) is 32.1 Å². The van der Waals surface area contributed by atoms with Gasteiger partial charge in [0.05, 0.1) is 6.61 Å². The van der Waals surface area contributed by atoms with Gasteiger partial charge in [-0.3, -0.25) is 4.99 Å². The van der Waals surface area contributed by atoms with E-state index < -0.39 is 0 Å². The molecular weight excluding hydrogens is 296 g/mol. The summed E-state index contributed by atoms with van der Waals surface area (Å²) < 4.78 is 5.44. The van der Waals surface area contributed by atoms with Crippen LogP contribution in [0.25, 0.3) is 0 Å². The summed E-state index contributed by atoms with van der Waals surface area (Å²) >= 11 is 2.07. The number of nitrogens with one attached hydrogen (secondary N) is 1. The molecule has 22 heavy (non-hydrogen) atoms. The fraction of sp³-hybridized carbons (Fsp3) is 0.625. The molecule has 0 spiro atoms. The first kappa shape index (κ1) is 16.9. The largest absolute Gasteiger partial charge is 0.478 e. The Hall–Kier alpha value is -1.43. The smallest absolute Gasteiger partial charge is 0.213 e. The molecule has 1 saturated heterocycles. The highest BCUT2D eigenvalue weighted by Crippen LogP contribution is 2.21. The zero-order valence-corrected chi connectivity index (χ0v) is 14.5. The lowest BCUT2D eigenvalue weighted by atomic mass is 10.2. The van der Waals surface area contributed by atoms with Crippen LogP contribution < -0.4 is 10.1 Å². The topological polar surface area (TPSA) is 49.8 Å². The van der Waals surface area contributed by atoms with Gasteiger partial charge in [0.25, 0.3) is 0 Å². The number of hydrogen-bond acceptors (Lipinski definition) is 4. The number of nitrogens with zero attached hydrogens (tertiary/aromatic N) is 3. The van der Waals surface area contributed by atoms with Crippen molar-refractivity contribution in [2.24, 2.45) is 4.99 Å². The Morgan fingerprint density at radius 1 is 1.55 bits per heavy atom. The van der Waals surface area contributed by atoms with Gasteiger partial charge in [-0.25, -0.2) is 4.98 Å². The van der Waals surface area contributed by atoms with Gasteiger partial charge in [-0.05, 0) is 25.0 Å². The first-order valence-corrected chi connectivity index (χ1v) is 8.96. The van der Waals surface area contributed by atoms with Crippen molar-refractivity contribution in [3.63, 3.8) is 0 Å². The van der Waals surface area contributed by atoms with E-state index in [0.717, 1.165) is 31.2 Å². The molecule has 1 aromatic heterocycles. The van der Waals surface area contributed by atoms with Crippen LogP contribution in [0, 0.1) is 0 Å². The molecule has 1 aliphatic heterocycles. The van der Waals surface area contributed by atoms with Gasteiger partial charge in [0, 0.05) is 49.9 Å². The van der Waals surface area contributed by atoms with E-state index in [-0.39, 0.29) is 0 Å². The maximum absolute atomic E-state index is 5.44. The second-order valence-corrected chi connectivity index (χ2v) is 6.59. The molecule has 1 atom stereocenters. The summed E-state index contributed by atoms with van der Waals surface area (Å²) in [6, 6.07) is 3.98. The number of ether oxygens (including phenoxy) is 1. The number of guanidine groups is 1. The molecule has 1 aliphatic rings. The number of aromatic nitrogens is 1. The third-order valence-corrected chi connectivity index (χ3v) is 5.02. The zero-order valence-electron chi connectivity index (χ0n) is 13.7. The molecule has 6 heteroatoms. The van der Waals surface area contributed by atoms with E-state index in [1.165, 1.54) is 12.2 Å². The van der Waals surface area contributed by atoms with Crippen LogP contribution in [-0.2, 0) is 6.54 Å². The number of thioether (sulfide) groups is 1. The Balaban J connectivity index is 1.92. The third-order valence-electron chi connectivity index (χ3n) is 3.65. The highest BCUT2D eigenvalue weighted by molar-refractivity contribution is 8.00. The molecule has 1 aromatic rings. The van der Waals surface area contributed by atoms with Crippen LogP contribution in [0.4, 0.5) is 0 Å². The summed E-state index contributed by atoms with van der Waals surface area (Å²) in [6.45, 7) is 7.71. The summed E-state index contributed by atoms with van der Waals surface area (Å²) in [4.78, 5) is 11.0. The van der Waals surface area contributed by atoms with Crippen molar-refractivity contribution in [2.75, 3.05) is 32.5 Å². The minimum atomic E-state index is 0.634. The number of hydrogen-bond donors (Lipinski definition) is 1. The Morgan fingerprint density at radius 3 is 3.14 bits per heavy atom. The quantitative estimate of drug-likeness (QED) is 0.666. The molecule has 2 rings (SSSR count). The van der Waals surface area contributed by atoms with Crippen molar-refractivity contribution in [3.05, 3.63) is 23.9 Å². The van der Waals surface area contributed by atoms with Crippen molar-refractivity contribution < 1.29 is 4.74 Å². The first-order valence-electron chi connectivity index (χ1n) is 7.91. The second kappa shape index (κ2) is 8.88. The highest BCUT2D eigenvalue weighted by Gasteiger charge is 2.21. The molecule has 0 aliphatic carbocycles.